The van der Waals surface area contributed by atoms with Gasteiger partial charge in [-0.1, -0.05) is 42.5 Å². The predicted molar refractivity (Wildman–Crippen MR) is 112 cm³/mol. The van der Waals surface area contributed by atoms with Gasteiger partial charge in [-0.05, 0) is 30.3 Å². The van der Waals surface area contributed by atoms with E-state index in [0.717, 1.165) is 0 Å². The van der Waals surface area contributed by atoms with Crippen molar-refractivity contribution >= 4 is 34.4 Å². The molecule has 1 heterocycles. The second kappa shape index (κ2) is 8.32. The number of hydrogen-bond donors (Lipinski definition) is 2. The van der Waals surface area contributed by atoms with E-state index in [0.29, 0.717) is 27.8 Å². The van der Waals surface area contributed by atoms with Gasteiger partial charge in [0, 0.05) is 34.8 Å². The van der Waals surface area contributed by atoms with Crippen LogP contribution >= 0.6 is 0 Å². The monoisotopic (exact) mass is 396 g/mol. The summed E-state index contributed by atoms with van der Waals surface area (Å²) in [5.74, 6) is -0.732. The van der Waals surface area contributed by atoms with Crippen molar-refractivity contribution in [2.45, 2.75) is 0 Å². The zero-order valence-electron chi connectivity index (χ0n) is 15.7. The number of benzene rings is 3. The lowest BCUT2D eigenvalue weighted by atomic mass is 10.0. The Hall–Kier alpha value is -4.39. The maximum atomic E-state index is 12.6. The molecular weight excluding hydrogens is 380 g/mol. The smallest absolute Gasteiger partial charge is 0.308 e. The van der Waals surface area contributed by atoms with Gasteiger partial charge in [0.05, 0.1) is 11.0 Å². The van der Waals surface area contributed by atoms with E-state index in [1.54, 1.807) is 72.9 Å². The maximum Gasteiger partial charge on any atom is 0.326 e. The predicted octanol–water partition coefficient (Wildman–Crippen LogP) is 3.82. The third-order valence-corrected chi connectivity index (χ3v) is 4.38. The van der Waals surface area contributed by atoms with Gasteiger partial charge in [-0.2, -0.15) is 0 Å². The van der Waals surface area contributed by atoms with Crippen molar-refractivity contribution in [1.82, 2.24) is 15.3 Å². The molecule has 0 aliphatic carbocycles. The number of urea groups is 1. The largest absolute Gasteiger partial charge is 0.326 e. The standard InChI is InChI=1S/C23H16N4O3/c28-21(15-5-2-1-3-6-15)16-7-4-8-18(13-16)26-23(30)27-22(29)17-9-10-19-20(14-17)25-12-11-24-19/h1-14H,(H2,26,27,29,30). The van der Waals surface area contributed by atoms with Gasteiger partial charge in [-0.3, -0.25) is 24.9 Å². The lowest BCUT2D eigenvalue weighted by Crippen LogP contribution is -2.34. The number of nitrogens with zero attached hydrogens (tertiary/aromatic N) is 2. The number of anilines is 1. The van der Waals surface area contributed by atoms with E-state index in [1.165, 1.54) is 6.20 Å². The van der Waals surface area contributed by atoms with Gasteiger partial charge < -0.3 is 5.32 Å². The van der Waals surface area contributed by atoms with E-state index >= 15 is 0 Å². The van der Waals surface area contributed by atoms with Crippen molar-refractivity contribution < 1.29 is 14.4 Å². The molecule has 0 aliphatic heterocycles. The zero-order chi connectivity index (χ0) is 20.9. The average molecular weight is 396 g/mol. The van der Waals surface area contributed by atoms with Crippen LogP contribution in [0, 0.1) is 0 Å². The highest BCUT2D eigenvalue weighted by Crippen LogP contribution is 2.15. The molecule has 7 heteroatoms. The summed E-state index contributed by atoms with van der Waals surface area (Å²) in [5, 5.41) is 4.84. The minimum absolute atomic E-state index is 0.159. The van der Waals surface area contributed by atoms with E-state index < -0.39 is 11.9 Å². The highest BCUT2D eigenvalue weighted by atomic mass is 16.2. The Balaban J connectivity index is 1.44. The SMILES string of the molecule is O=C(NC(=O)c1ccc2nccnc2c1)Nc1cccc(C(=O)c2ccccc2)c1. The Morgan fingerprint density at radius 3 is 2.20 bits per heavy atom. The van der Waals surface area contributed by atoms with Crippen LogP contribution in [0.2, 0.25) is 0 Å². The number of nitrogens with one attached hydrogen (secondary N) is 2. The molecule has 0 aliphatic rings. The van der Waals surface area contributed by atoms with Crippen molar-refractivity contribution in [1.29, 1.82) is 0 Å². The molecule has 146 valence electrons. The van der Waals surface area contributed by atoms with Gasteiger partial charge >= 0.3 is 6.03 Å². The Bertz CT molecular complexity index is 1260. The molecule has 0 saturated heterocycles. The summed E-state index contributed by atoms with van der Waals surface area (Å²) in [5.41, 5.74) is 2.86. The number of aromatic nitrogens is 2. The topological polar surface area (TPSA) is 101 Å². The Kier molecular flexibility index (Phi) is 5.25. The van der Waals surface area contributed by atoms with E-state index in [-0.39, 0.29) is 11.3 Å². The molecule has 0 saturated carbocycles. The summed E-state index contributed by atoms with van der Waals surface area (Å²) in [6.45, 7) is 0. The van der Waals surface area contributed by atoms with Crippen LogP contribution in [0.1, 0.15) is 26.3 Å². The summed E-state index contributed by atoms with van der Waals surface area (Å²) in [7, 11) is 0. The van der Waals surface area contributed by atoms with Crippen molar-refractivity contribution in [2.75, 3.05) is 5.32 Å². The zero-order valence-corrected chi connectivity index (χ0v) is 15.7. The molecular formula is C23H16N4O3. The Labute approximate surface area is 171 Å². The normalized spacial score (nSPS) is 10.4. The molecule has 0 unspecified atom stereocenters. The number of amides is 3. The summed E-state index contributed by atoms with van der Waals surface area (Å²) < 4.78 is 0. The minimum atomic E-state index is -0.705. The van der Waals surface area contributed by atoms with Crippen LogP contribution in [0.5, 0.6) is 0 Å². The summed E-state index contributed by atoms with van der Waals surface area (Å²) in [4.78, 5) is 45.5. The fourth-order valence-electron chi connectivity index (χ4n) is 2.94. The number of carbonyl (C=O) groups excluding carboxylic acids is 3. The Morgan fingerprint density at radius 1 is 0.667 bits per heavy atom. The highest BCUT2D eigenvalue weighted by molar-refractivity contribution is 6.11. The molecule has 4 rings (SSSR count). The molecule has 3 amide bonds. The minimum Gasteiger partial charge on any atom is -0.308 e. The molecule has 2 N–H and O–H groups in total. The molecule has 3 aromatic carbocycles. The van der Waals surface area contributed by atoms with Crippen molar-refractivity contribution in [2.24, 2.45) is 0 Å². The van der Waals surface area contributed by atoms with E-state index in [1.807, 2.05) is 6.07 Å². The van der Waals surface area contributed by atoms with Crippen LogP contribution in [0.4, 0.5) is 10.5 Å². The molecule has 0 fully saturated rings. The van der Waals surface area contributed by atoms with Gasteiger partial charge in [-0.25, -0.2) is 4.79 Å². The lowest BCUT2D eigenvalue weighted by molar-refractivity contribution is 0.0966. The first-order chi connectivity index (χ1) is 14.6. The number of hydrogen-bond acceptors (Lipinski definition) is 5. The highest BCUT2D eigenvalue weighted by Gasteiger charge is 2.13. The second-order valence-corrected chi connectivity index (χ2v) is 6.44. The first-order valence-corrected chi connectivity index (χ1v) is 9.13. The molecule has 4 aromatic rings. The van der Waals surface area contributed by atoms with E-state index in [4.69, 9.17) is 0 Å². The number of ketones is 1. The molecule has 0 spiro atoms. The first kappa shape index (κ1) is 18.9. The van der Waals surface area contributed by atoms with Gasteiger partial charge in [0.15, 0.2) is 5.78 Å². The summed E-state index contributed by atoms with van der Waals surface area (Å²) in [6, 6.07) is 19.5. The number of imide groups is 1. The van der Waals surface area contributed by atoms with E-state index in [2.05, 4.69) is 20.6 Å². The summed E-state index contributed by atoms with van der Waals surface area (Å²) >= 11 is 0. The fraction of sp³-hybridized carbons (Fsp3) is 0. The van der Waals surface area contributed by atoms with Crippen molar-refractivity contribution in [3.05, 3.63) is 102 Å². The molecule has 0 atom stereocenters. The third kappa shape index (κ3) is 4.20. The first-order valence-electron chi connectivity index (χ1n) is 9.13. The van der Waals surface area contributed by atoms with Crippen LogP contribution in [-0.2, 0) is 0 Å². The van der Waals surface area contributed by atoms with Crippen LogP contribution < -0.4 is 10.6 Å². The van der Waals surface area contributed by atoms with Crippen LogP contribution in [0.15, 0.2) is 85.2 Å². The second-order valence-electron chi connectivity index (χ2n) is 6.44. The Morgan fingerprint density at radius 2 is 1.40 bits per heavy atom. The molecule has 0 radical (unpaired) electrons. The van der Waals surface area contributed by atoms with Crippen molar-refractivity contribution in [3.63, 3.8) is 0 Å². The summed E-state index contributed by atoms with van der Waals surface area (Å²) in [6.07, 6.45) is 3.09. The van der Waals surface area contributed by atoms with Crippen LogP contribution in [-0.4, -0.2) is 27.7 Å². The van der Waals surface area contributed by atoms with Crippen LogP contribution in [0.25, 0.3) is 11.0 Å². The maximum absolute atomic E-state index is 12.6. The lowest BCUT2D eigenvalue weighted by Gasteiger charge is -2.09. The number of carbonyl (C=O) groups is 3. The van der Waals surface area contributed by atoms with Gasteiger partial charge in [0.1, 0.15) is 0 Å². The third-order valence-electron chi connectivity index (χ3n) is 4.38. The quantitative estimate of drug-likeness (QED) is 0.511. The molecule has 7 nitrogen and oxygen atoms in total. The number of fused-ring (bicyclic) bond motifs is 1. The number of rotatable bonds is 4. The van der Waals surface area contributed by atoms with Crippen molar-refractivity contribution in [3.8, 4) is 0 Å². The molecule has 30 heavy (non-hydrogen) atoms. The van der Waals surface area contributed by atoms with Crippen LogP contribution in [0.3, 0.4) is 0 Å². The average Bonchev–Trinajstić information content (AvgIpc) is 2.79. The fourth-order valence-corrected chi connectivity index (χ4v) is 2.94. The van der Waals surface area contributed by atoms with Gasteiger partial charge in [0.2, 0.25) is 0 Å². The molecule has 0 bridgehead atoms. The molecule has 1 aromatic heterocycles. The van der Waals surface area contributed by atoms with Gasteiger partial charge in [-0.15, -0.1) is 0 Å². The van der Waals surface area contributed by atoms with E-state index in [9.17, 15) is 14.4 Å². The van der Waals surface area contributed by atoms with Gasteiger partial charge in [0.25, 0.3) is 5.91 Å².